The molecule has 8 heteroatoms. The van der Waals surface area contributed by atoms with Crippen molar-refractivity contribution >= 4 is 23.3 Å². The Morgan fingerprint density at radius 2 is 1.63 bits per heavy atom. The topological polar surface area (TPSA) is 93.0 Å². The molecular formula is C22H24N2O5S. The molecule has 0 spiro atoms. The lowest BCUT2D eigenvalue weighted by Crippen LogP contribution is -2.22. The Hall–Kier alpha value is -3.44. The zero-order valence-corrected chi connectivity index (χ0v) is 18.3. The number of thiocarbonyl (C=S) groups is 1. The molecule has 7 nitrogen and oxygen atoms in total. The van der Waals surface area contributed by atoms with E-state index in [1.165, 1.54) is 20.3 Å². The van der Waals surface area contributed by atoms with Crippen LogP contribution in [-0.4, -0.2) is 38.5 Å². The minimum Gasteiger partial charge on any atom is -0.504 e. The summed E-state index contributed by atoms with van der Waals surface area (Å²) in [6.45, 7) is 2.16. The molecular weight excluding hydrogens is 404 g/mol. The highest BCUT2D eigenvalue weighted by atomic mass is 32.1. The first-order valence-corrected chi connectivity index (χ1v) is 9.35. The number of phenols is 1. The summed E-state index contributed by atoms with van der Waals surface area (Å²) < 4.78 is 21.2. The highest BCUT2D eigenvalue weighted by Crippen LogP contribution is 2.38. The third kappa shape index (κ3) is 5.13. The highest BCUT2D eigenvalue weighted by Gasteiger charge is 2.14. The molecule has 0 radical (unpaired) electrons. The van der Waals surface area contributed by atoms with Crippen LogP contribution in [0.3, 0.4) is 0 Å². The van der Waals surface area contributed by atoms with E-state index in [9.17, 15) is 10.4 Å². The molecule has 0 aliphatic heterocycles. The van der Waals surface area contributed by atoms with Gasteiger partial charge in [0.1, 0.15) is 11.1 Å². The van der Waals surface area contributed by atoms with Crippen molar-refractivity contribution in [2.75, 3.05) is 28.4 Å². The number of nitrogens with one attached hydrogen (secondary N) is 1. The van der Waals surface area contributed by atoms with E-state index in [2.05, 4.69) is 11.4 Å². The lowest BCUT2D eigenvalue weighted by Gasteiger charge is -2.15. The lowest BCUT2D eigenvalue weighted by molar-refractivity contribution is 0.323. The van der Waals surface area contributed by atoms with Gasteiger partial charge in [-0.1, -0.05) is 12.2 Å². The van der Waals surface area contributed by atoms with Crippen molar-refractivity contribution in [1.82, 2.24) is 5.32 Å². The van der Waals surface area contributed by atoms with Gasteiger partial charge in [0.15, 0.2) is 23.0 Å². The Labute approximate surface area is 181 Å². The first-order valence-electron chi connectivity index (χ1n) is 8.94. The van der Waals surface area contributed by atoms with Gasteiger partial charge in [-0.15, -0.1) is 0 Å². The van der Waals surface area contributed by atoms with Crippen molar-refractivity contribution in [2.45, 2.75) is 13.5 Å². The largest absolute Gasteiger partial charge is 0.504 e. The number of nitrogens with zero attached hydrogens (tertiary/aromatic N) is 1. The molecule has 0 amide bonds. The Morgan fingerprint density at radius 3 is 2.10 bits per heavy atom. The summed E-state index contributed by atoms with van der Waals surface area (Å²) in [5.74, 6) is 1.95. The maximum Gasteiger partial charge on any atom is 0.203 e. The summed E-state index contributed by atoms with van der Waals surface area (Å²) in [6.07, 6.45) is 1.61. The van der Waals surface area contributed by atoms with E-state index in [1.807, 2.05) is 6.92 Å². The fraction of sp³-hybridized carbons (Fsp3) is 0.273. The summed E-state index contributed by atoms with van der Waals surface area (Å²) in [5.41, 5.74) is 2.49. The van der Waals surface area contributed by atoms with E-state index >= 15 is 0 Å². The molecule has 0 saturated heterocycles. The van der Waals surface area contributed by atoms with E-state index in [0.29, 0.717) is 35.1 Å². The van der Waals surface area contributed by atoms with Crippen molar-refractivity contribution in [1.29, 1.82) is 5.26 Å². The monoisotopic (exact) mass is 428 g/mol. The number of phenolic OH excluding ortho intramolecular Hbond substituents is 1. The number of aryl methyl sites for hydroxylation is 1. The number of rotatable bonds is 8. The van der Waals surface area contributed by atoms with Crippen molar-refractivity contribution in [3.8, 4) is 34.8 Å². The smallest absolute Gasteiger partial charge is 0.203 e. The minimum absolute atomic E-state index is 0.00246. The highest BCUT2D eigenvalue weighted by molar-refractivity contribution is 7.80. The summed E-state index contributed by atoms with van der Waals surface area (Å²) >= 11 is 5.38. The van der Waals surface area contributed by atoms with Gasteiger partial charge in [0.05, 0.1) is 34.0 Å². The number of ether oxygens (including phenoxy) is 4. The van der Waals surface area contributed by atoms with Crippen LogP contribution in [0.1, 0.15) is 16.7 Å². The third-order valence-electron chi connectivity index (χ3n) is 4.34. The van der Waals surface area contributed by atoms with Gasteiger partial charge < -0.3 is 29.4 Å². The van der Waals surface area contributed by atoms with Gasteiger partial charge in [-0.05, 0) is 54.0 Å². The Bertz CT molecular complexity index is 963. The molecule has 0 aliphatic rings. The van der Waals surface area contributed by atoms with Gasteiger partial charge in [0.25, 0.3) is 0 Å². The quantitative estimate of drug-likeness (QED) is 0.373. The molecule has 158 valence electrons. The minimum atomic E-state index is -0.00246. The van der Waals surface area contributed by atoms with Crippen molar-refractivity contribution in [2.24, 2.45) is 0 Å². The molecule has 2 aromatic rings. The average molecular weight is 429 g/mol. The van der Waals surface area contributed by atoms with Crippen LogP contribution < -0.4 is 24.3 Å². The van der Waals surface area contributed by atoms with Crippen LogP contribution in [0.5, 0.6) is 28.7 Å². The molecule has 30 heavy (non-hydrogen) atoms. The second-order valence-corrected chi connectivity index (χ2v) is 6.68. The second-order valence-electron chi connectivity index (χ2n) is 6.28. The van der Waals surface area contributed by atoms with Gasteiger partial charge in [0, 0.05) is 6.54 Å². The van der Waals surface area contributed by atoms with Gasteiger partial charge >= 0.3 is 0 Å². The van der Waals surface area contributed by atoms with Crippen molar-refractivity contribution in [3.63, 3.8) is 0 Å². The second kappa shape index (κ2) is 10.4. The summed E-state index contributed by atoms with van der Waals surface area (Å²) in [6, 6.07) is 9.02. The zero-order valence-electron chi connectivity index (χ0n) is 17.5. The zero-order chi connectivity index (χ0) is 22.3. The molecule has 0 aliphatic carbocycles. The predicted molar refractivity (Wildman–Crippen MR) is 119 cm³/mol. The fourth-order valence-corrected chi connectivity index (χ4v) is 3.14. The number of hydrogen-bond donors (Lipinski definition) is 2. The maximum absolute atomic E-state index is 10.1. The molecule has 0 aromatic heterocycles. The van der Waals surface area contributed by atoms with Gasteiger partial charge in [-0.25, -0.2) is 0 Å². The van der Waals surface area contributed by atoms with E-state index < -0.39 is 0 Å². The molecule has 2 aromatic carbocycles. The van der Waals surface area contributed by atoms with Gasteiger partial charge in [0.2, 0.25) is 5.75 Å². The summed E-state index contributed by atoms with van der Waals surface area (Å²) in [4.78, 5) is 0.277. The van der Waals surface area contributed by atoms with Gasteiger partial charge in [-0.2, -0.15) is 5.26 Å². The molecule has 0 unspecified atom stereocenters. The van der Waals surface area contributed by atoms with Gasteiger partial charge in [-0.3, -0.25) is 0 Å². The molecule has 2 rings (SSSR count). The van der Waals surface area contributed by atoms with Crippen molar-refractivity contribution in [3.05, 3.63) is 46.5 Å². The molecule has 0 heterocycles. The number of methoxy groups -OCH3 is 4. The van der Waals surface area contributed by atoms with Crippen LogP contribution in [0.15, 0.2) is 29.8 Å². The normalized spacial score (nSPS) is 10.7. The van der Waals surface area contributed by atoms with E-state index in [4.69, 9.17) is 31.2 Å². The van der Waals surface area contributed by atoms with Crippen molar-refractivity contribution < 1.29 is 24.1 Å². The van der Waals surface area contributed by atoms with E-state index in [-0.39, 0.29) is 16.3 Å². The van der Waals surface area contributed by atoms with Crippen LogP contribution in [0.4, 0.5) is 0 Å². The Kier molecular flexibility index (Phi) is 7.90. The molecule has 0 atom stereocenters. The Balaban J connectivity index is 2.23. The first-order chi connectivity index (χ1) is 14.4. The van der Waals surface area contributed by atoms with E-state index in [0.717, 1.165) is 11.1 Å². The number of nitriles is 1. The Morgan fingerprint density at radius 1 is 1.03 bits per heavy atom. The number of aromatic hydroxyl groups is 1. The summed E-state index contributed by atoms with van der Waals surface area (Å²) in [7, 11) is 6.11. The number of benzene rings is 2. The van der Waals surface area contributed by atoms with Crippen LogP contribution in [-0.2, 0) is 6.54 Å². The van der Waals surface area contributed by atoms with E-state index in [1.54, 1.807) is 38.5 Å². The van der Waals surface area contributed by atoms with Crippen LogP contribution in [0.25, 0.3) is 6.08 Å². The predicted octanol–water partition coefficient (Wildman–Crippen LogP) is 3.76. The molecule has 0 saturated carbocycles. The van der Waals surface area contributed by atoms with Crippen LogP contribution >= 0.6 is 12.2 Å². The molecule has 2 N–H and O–H groups in total. The maximum atomic E-state index is 10.1. The van der Waals surface area contributed by atoms with Crippen LogP contribution in [0, 0.1) is 18.3 Å². The third-order valence-corrected chi connectivity index (χ3v) is 4.70. The average Bonchev–Trinajstić information content (AvgIpc) is 2.74. The summed E-state index contributed by atoms with van der Waals surface area (Å²) in [5, 5.41) is 22.7. The molecule has 0 bridgehead atoms. The number of hydrogen-bond acceptors (Lipinski definition) is 7. The SMILES string of the molecule is COc1cc(CNC(=S)/C(C#N)=C/c2cc(C)c(OC)c(O)c2)cc(OC)c1OC. The standard InChI is InChI=1S/C22H24N2O5S/c1-13-6-14(8-17(25)20(13)28-4)7-16(11-23)22(30)24-12-15-9-18(26-2)21(29-5)19(10-15)27-3/h6-10,25H,12H2,1-5H3,(H,24,30)/b16-7+. The first kappa shape index (κ1) is 22.8. The lowest BCUT2D eigenvalue weighted by atomic mass is 10.1. The molecule has 0 fully saturated rings. The fourth-order valence-electron chi connectivity index (χ4n) is 2.96. The van der Waals surface area contributed by atoms with Crippen LogP contribution in [0.2, 0.25) is 0 Å².